The second-order valence-electron chi connectivity index (χ2n) is 5.28. The minimum absolute atomic E-state index is 0.557. The van der Waals surface area contributed by atoms with E-state index < -0.39 is 0 Å². The molecule has 1 aromatic carbocycles. The number of thioether (sulfide) groups is 1. The average Bonchev–Trinajstić information content (AvgIpc) is 3.03. The quantitative estimate of drug-likeness (QED) is 0.502. The highest BCUT2D eigenvalue weighted by Gasteiger charge is 2.17. The highest BCUT2D eigenvalue weighted by Crippen LogP contribution is 2.29. The van der Waals surface area contributed by atoms with E-state index in [1.807, 2.05) is 24.3 Å². The van der Waals surface area contributed by atoms with Crippen molar-refractivity contribution in [1.82, 2.24) is 19.7 Å². The summed E-state index contributed by atoms with van der Waals surface area (Å²) in [5.41, 5.74) is 3.14. The molecule has 3 rings (SSSR count). The topological polar surface area (TPSA) is 67.4 Å². The molecule has 120 valence electrons. The van der Waals surface area contributed by atoms with E-state index in [4.69, 9.17) is 5.26 Å². The molecule has 5 nitrogen and oxygen atoms in total. The van der Waals surface area contributed by atoms with Gasteiger partial charge in [-0.3, -0.25) is 9.55 Å². The first-order chi connectivity index (χ1) is 11.8. The molecule has 0 saturated carbocycles. The first-order valence-corrected chi connectivity index (χ1v) is 8.71. The highest BCUT2D eigenvalue weighted by atomic mass is 32.2. The highest BCUT2D eigenvalue weighted by molar-refractivity contribution is 7.99. The van der Waals surface area contributed by atoms with Gasteiger partial charge in [-0.15, -0.1) is 10.2 Å². The Bertz CT molecular complexity index is 851. The molecule has 0 aliphatic heterocycles. The van der Waals surface area contributed by atoms with Gasteiger partial charge in [0.05, 0.1) is 11.8 Å². The van der Waals surface area contributed by atoms with Gasteiger partial charge in [-0.1, -0.05) is 30.0 Å². The third-order valence-electron chi connectivity index (χ3n) is 3.57. The molecule has 2 heterocycles. The van der Waals surface area contributed by atoms with Crippen molar-refractivity contribution in [1.29, 1.82) is 5.26 Å². The molecule has 0 fully saturated rings. The molecular weight excluding hydrogens is 318 g/mol. The van der Waals surface area contributed by atoms with Gasteiger partial charge in [0.25, 0.3) is 0 Å². The predicted molar refractivity (Wildman–Crippen MR) is 94.9 cm³/mol. The van der Waals surface area contributed by atoms with Crippen LogP contribution < -0.4 is 0 Å². The monoisotopic (exact) mass is 335 g/mol. The van der Waals surface area contributed by atoms with Gasteiger partial charge in [0, 0.05) is 30.1 Å². The fourth-order valence-electron chi connectivity index (χ4n) is 2.39. The Morgan fingerprint density at radius 2 is 2.04 bits per heavy atom. The first kappa shape index (κ1) is 16.2. The molecule has 0 amide bonds. The fourth-order valence-corrected chi connectivity index (χ4v) is 3.28. The molecule has 0 aliphatic carbocycles. The second-order valence-corrected chi connectivity index (χ2v) is 6.34. The normalized spacial score (nSPS) is 10.5. The molecule has 24 heavy (non-hydrogen) atoms. The summed E-state index contributed by atoms with van der Waals surface area (Å²) in [6.45, 7) is 2.08. The lowest BCUT2D eigenvalue weighted by atomic mass is 10.2. The molecule has 3 aromatic rings. The van der Waals surface area contributed by atoms with Crippen LogP contribution in [0.15, 0.2) is 53.9 Å². The van der Waals surface area contributed by atoms with Crippen LogP contribution in [0.25, 0.3) is 17.1 Å². The van der Waals surface area contributed by atoms with E-state index in [1.54, 1.807) is 24.2 Å². The third kappa shape index (κ3) is 3.47. The Labute approximate surface area is 145 Å². The van der Waals surface area contributed by atoms with Gasteiger partial charge >= 0.3 is 0 Å². The lowest BCUT2D eigenvalue weighted by Crippen LogP contribution is -2.02. The zero-order valence-electron chi connectivity index (χ0n) is 13.4. The van der Waals surface area contributed by atoms with Crippen LogP contribution in [0, 0.1) is 18.3 Å². The van der Waals surface area contributed by atoms with E-state index in [0.29, 0.717) is 6.42 Å². The zero-order valence-corrected chi connectivity index (χ0v) is 14.2. The number of hydrogen-bond donors (Lipinski definition) is 0. The second kappa shape index (κ2) is 7.75. The SMILES string of the molecule is Cc1ccccc1-n1c(SCCCC#N)nnc1-c1cccnc1. The third-order valence-corrected chi connectivity index (χ3v) is 4.59. The number of pyridine rings is 1. The van der Waals surface area contributed by atoms with Gasteiger partial charge in [0.15, 0.2) is 11.0 Å². The minimum atomic E-state index is 0.557. The number of rotatable bonds is 6. The standard InChI is InChI=1S/C18H17N5S/c1-14-7-2-3-9-16(14)23-17(15-8-6-11-20-13-15)21-22-18(23)24-12-5-4-10-19/h2-3,6-9,11,13H,4-5,12H2,1H3. The van der Waals surface area contributed by atoms with Crippen molar-refractivity contribution in [2.45, 2.75) is 24.9 Å². The van der Waals surface area contributed by atoms with E-state index in [2.05, 4.69) is 44.9 Å². The van der Waals surface area contributed by atoms with Crippen LogP contribution in [0.5, 0.6) is 0 Å². The van der Waals surface area contributed by atoms with Gasteiger partial charge in [-0.05, 0) is 37.1 Å². The molecular formula is C18H17N5S. The number of aryl methyl sites for hydroxylation is 1. The van der Waals surface area contributed by atoms with Crippen LogP contribution in [-0.4, -0.2) is 25.5 Å². The van der Waals surface area contributed by atoms with Crippen molar-refractivity contribution in [3.8, 4) is 23.1 Å². The van der Waals surface area contributed by atoms with Crippen molar-refractivity contribution in [3.63, 3.8) is 0 Å². The largest absolute Gasteiger partial charge is 0.270 e. The van der Waals surface area contributed by atoms with Crippen LogP contribution in [0.3, 0.4) is 0 Å². The minimum Gasteiger partial charge on any atom is -0.270 e. The lowest BCUT2D eigenvalue weighted by Gasteiger charge is -2.12. The van der Waals surface area contributed by atoms with Crippen molar-refractivity contribution >= 4 is 11.8 Å². The summed E-state index contributed by atoms with van der Waals surface area (Å²) in [4.78, 5) is 4.19. The number of unbranched alkanes of at least 4 members (excludes halogenated alkanes) is 1. The van der Waals surface area contributed by atoms with E-state index in [9.17, 15) is 0 Å². The summed E-state index contributed by atoms with van der Waals surface area (Å²) in [5, 5.41) is 18.3. The zero-order chi connectivity index (χ0) is 16.8. The van der Waals surface area contributed by atoms with Gasteiger partial charge < -0.3 is 0 Å². The van der Waals surface area contributed by atoms with Crippen LogP contribution in [-0.2, 0) is 0 Å². The number of hydrogen-bond acceptors (Lipinski definition) is 5. The molecule has 0 spiro atoms. The maximum atomic E-state index is 8.69. The number of nitriles is 1. The van der Waals surface area contributed by atoms with Crippen molar-refractivity contribution < 1.29 is 0 Å². The van der Waals surface area contributed by atoms with E-state index in [1.165, 1.54) is 0 Å². The van der Waals surface area contributed by atoms with E-state index in [0.717, 1.165) is 40.0 Å². The van der Waals surface area contributed by atoms with Crippen LogP contribution in [0.1, 0.15) is 18.4 Å². The van der Waals surface area contributed by atoms with Gasteiger partial charge in [-0.2, -0.15) is 5.26 Å². The van der Waals surface area contributed by atoms with E-state index >= 15 is 0 Å². The number of aromatic nitrogens is 4. The Balaban J connectivity index is 2.03. The van der Waals surface area contributed by atoms with Crippen molar-refractivity contribution in [3.05, 3.63) is 54.4 Å². The van der Waals surface area contributed by atoms with Gasteiger partial charge in [0.2, 0.25) is 0 Å². The Morgan fingerprint density at radius 3 is 2.79 bits per heavy atom. The Hall–Kier alpha value is -2.65. The molecule has 0 saturated heterocycles. The predicted octanol–water partition coefficient (Wildman–Crippen LogP) is 4.03. The summed E-state index contributed by atoms with van der Waals surface area (Å²) in [7, 11) is 0. The maximum Gasteiger partial charge on any atom is 0.196 e. The molecule has 0 bridgehead atoms. The molecule has 0 unspecified atom stereocenters. The smallest absolute Gasteiger partial charge is 0.196 e. The van der Waals surface area contributed by atoms with Gasteiger partial charge in [0.1, 0.15) is 0 Å². The lowest BCUT2D eigenvalue weighted by molar-refractivity contribution is 0.875. The summed E-state index contributed by atoms with van der Waals surface area (Å²) in [5.74, 6) is 1.62. The van der Waals surface area contributed by atoms with Crippen LogP contribution >= 0.6 is 11.8 Å². The molecule has 0 radical (unpaired) electrons. The molecule has 0 N–H and O–H groups in total. The Kier molecular flexibility index (Phi) is 5.24. The Morgan fingerprint density at radius 1 is 1.17 bits per heavy atom. The number of para-hydroxylation sites is 1. The summed E-state index contributed by atoms with van der Waals surface area (Å²) in [6, 6.07) is 14.2. The van der Waals surface area contributed by atoms with E-state index in [-0.39, 0.29) is 0 Å². The van der Waals surface area contributed by atoms with Crippen LogP contribution in [0.4, 0.5) is 0 Å². The van der Waals surface area contributed by atoms with Crippen molar-refractivity contribution in [2.24, 2.45) is 0 Å². The maximum absolute atomic E-state index is 8.69. The molecule has 6 heteroatoms. The average molecular weight is 335 g/mol. The van der Waals surface area contributed by atoms with Gasteiger partial charge in [-0.25, -0.2) is 0 Å². The summed E-state index contributed by atoms with van der Waals surface area (Å²) < 4.78 is 2.07. The molecule has 2 aromatic heterocycles. The number of benzene rings is 1. The summed E-state index contributed by atoms with van der Waals surface area (Å²) >= 11 is 1.62. The fraction of sp³-hybridized carbons (Fsp3) is 0.222. The number of nitrogens with zero attached hydrogens (tertiary/aromatic N) is 5. The first-order valence-electron chi connectivity index (χ1n) is 7.73. The molecule has 0 aliphatic rings. The van der Waals surface area contributed by atoms with Crippen molar-refractivity contribution in [2.75, 3.05) is 5.75 Å². The summed E-state index contributed by atoms with van der Waals surface area (Å²) in [6.07, 6.45) is 4.93. The van der Waals surface area contributed by atoms with Crippen LogP contribution in [0.2, 0.25) is 0 Å². The molecule has 0 atom stereocenters.